The van der Waals surface area contributed by atoms with E-state index in [4.69, 9.17) is 11.6 Å². The molecule has 0 aromatic heterocycles. The summed E-state index contributed by atoms with van der Waals surface area (Å²) < 4.78 is 0. The number of benzene rings is 1. The van der Waals surface area contributed by atoms with Crippen molar-refractivity contribution in [1.29, 1.82) is 0 Å². The highest BCUT2D eigenvalue weighted by Gasteiger charge is 2.30. The van der Waals surface area contributed by atoms with E-state index in [0.29, 0.717) is 5.41 Å². The fourth-order valence-electron chi connectivity index (χ4n) is 2.87. The van der Waals surface area contributed by atoms with Crippen molar-refractivity contribution in [2.75, 3.05) is 18.0 Å². The zero-order chi connectivity index (χ0) is 13.5. The molecule has 1 saturated carbocycles. The molecule has 0 amide bonds. The van der Waals surface area contributed by atoms with Gasteiger partial charge in [0, 0.05) is 41.9 Å². The Labute approximate surface area is 121 Å². The third-order valence-corrected chi connectivity index (χ3v) is 4.61. The van der Waals surface area contributed by atoms with E-state index in [-0.39, 0.29) is 0 Å². The first kappa shape index (κ1) is 13.3. The molecule has 1 aromatic rings. The van der Waals surface area contributed by atoms with Crippen LogP contribution in [-0.4, -0.2) is 19.1 Å². The van der Waals surface area contributed by atoms with Gasteiger partial charge in [0.15, 0.2) is 0 Å². The fourth-order valence-corrected chi connectivity index (χ4v) is 3.11. The maximum Gasteiger partial charge on any atom is 0.0471 e. The van der Waals surface area contributed by atoms with Gasteiger partial charge in [0.1, 0.15) is 0 Å². The van der Waals surface area contributed by atoms with Crippen LogP contribution in [0, 0.1) is 5.41 Å². The first-order valence-electron chi connectivity index (χ1n) is 7.31. The summed E-state index contributed by atoms with van der Waals surface area (Å²) in [5.74, 6) is 0. The fraction of sp³-hybridized carbons (Fsp3) is 0.625. The van der Waals surface area contributed by atoms with Gasteiger partial charge in [-0.05, 0) is 36.8 Å². The van der Waals surface area contributed by atoms with Crippen molar-refractivity contribution in [1.82, 2.24) is 5.32 Å². The summed E-state index contributed by atoms with van der Waals surface area (Å²) in [5.41, 5.74) is 3.02. The quantitative estimate of drug-likeness (QED) is 0.900. The summed E-state index contributed by atoms with van der Waals surface area (Å²) in [5, 5.41) is 4.49. The second-order valence-electron chi connectivity index (χ2n) is 6.73. The Morgan fingerprint density at radius 3 is 2.79 bits per heavy atom. The third-order valence-electron chi connectivity index (χ3n) is 4.26. The number of hydrogen-bond donors (Lipinski definition) is 1. The van der Waals surface area contributed by atoms with Crippen LogP contribution in [0.1, 0.15) is 38.7 Å². The van der Waals surface area contributed by atoms with Gasteiger partial charge in [0.2, 0.25) is 0 Å². The van der Waals surface area contributed by atoms with Crippen LogP contribution >= 0.6 is 11.6 Å². The topological polar surface area (TPSA) is 15.3 Å². The van der Waals surface area contributed by atoms with Gasteiger partial charge in [-0.2, -0.15) is 0 Å². The maximum absolute atomic E-state index is 6.42. The van der Waals surface area contributed by atoms with Crippen LogP contribution in [0.25, 0.3) is 0 Å². The molecule has 0 atom stereocenters. The van der Waals surface area contributed by atoms with Gasteiger partial charge < -0.3 is 10.2 Å². The van der Waals surface area contributed by atoms with Gasteiger partial charge in [0.25, 0.3) is 0 Å². The number of hydrogen-bond acceptors (Lipinski definition) is 2. The summed E-state index contributed by atoms with van der Waals surface area (Å²) in [6.07, 6.45) is 3.89. The van der Waals surface area contributed by atoms with Crippen molar-refractivity contribution in [2.24, 2.45) is 5.41 Å². The van der Waals surface area contributed by atoms with Gasteiger partial charge >= 0.3 is 0 Å². The highest BCUT2D eigenvalue weighted by atomic mass is 35.5. The Kier molecular flexibility index (Phi) is 3.48. The van der Waals surface area contributed by atoms with Crippen molar-refractivity contribution < 1.29 is 0 Å². The normalized spacial score (nSPS) is 21.9. The second-order valence-corrected chi connectivity index (χ2v) is 7.14. The summed E-state index contributed by atoms with van der Waals surface area (Å²) in [6.45, 7) is 7.86. The number of nitrogens with one attached hydrogen (secondary N) is 1. The van der Waals surface area contributed by atoms with E-state index in [1.165, 1.54) is 30.5 Å². The van der Waals surface area contributed by atoms with Crippen molar-refractivity contribution >= 4 is 17.3 Å². The molecule has 1 aliphatic carbocycles. The Morgan fingerprint density at radius 1 is 1.37 bits per heavy atom. The molecule has 2 fully saturated rings. The van der Waals surface area contributed by atoms with Crippen molar-refractivity contribution in [2.45, 2.75) is 45.7 Å². The van der Waals surface area contributed by atoms with Gasteiger partial charge in [-0.3, -0.25) is 0 Å². The van der Waals surface area contributed by atoms with Crippen LogP contribution in [0.5, 0.6) is 0 Å². The van der Waals surface area contributed by atoms with E-state index >= 15 is 0 Å². The number of rotatable bonds is 4. The van der Waals surface area contributed by atoms with Gasteiger partial charge in [-0.25, -0.2) is 0 Å². The van der Waals surface area contributed by atoms with Crippen LogP contribution in [0.4, 0.5) is 5.69 Å². The summed E-state index contributed by atoms with van der Waals surface area (Å²) in [7, 11) is 0. The Balaban J connectivity index is 1.81. The van der Waals surface area contributed by atoms with Crippen LogP contribution < -0.4 is 10.2 Å². The first-order valence-corrected chi connectivity index (χ1v) is 7.69. The van der Waals surface area contributed by atoms with Gasteiger partial charge in [-0.15, -0.1) is 0 Å². The predicted molar refractivity (Wildman–Crippen MR) is 81.9 cm³/mol. The standard InChI is InChI=1S/C16H23ClN2/c1-16(2)8-9-19(11-16)15-5-3-4-14(17)13(15)10-18-12-6-7-12/h3-5,12,18H,6-11H2,1-2H3. The zero-order valence-electron chi connectivity index (χ0n) is 11.9. The summed E-state index contributed by atoms with van der Waals surface area (Å²) in [4.78, 5) is 2.50. The maximum atomic E-state index is 6.42. The molecule has 1 aromatic carbocycles. The Morgan fingerprint density at radius 2 is 2.16 bits per heavy atom. The second kappa shape index (κ2) is 4.99. The average Bonchev–Trinajstić information content (AvgIpc) is 3.11. The molecule has 0 bridgehead atoms. The SMILES string of the molecule is CC1(C)CCN(c2cccc(Cl)c2CNC2CC2)C1. The summed E-state index contributed by atoms with van der Waals surface area (Å²) in [6, 6.07) is 7.02. The minimum Gasteiger partial charge on any atom is -0.371 e. The van der Waals surface area contributed by atoms with Crippen LogP contribution in [0.3, 0.4) is 0 Å². The molecule has 3 heteroatoms. The monoisotopic (exact) mass is 278 g/mol. The number of nitrogens with zero attached hydrogens (tertiary/aromatic N) is 1. The lowest BCUT2D eigenvalue weighted by molar-refractivity contribution is 0.418. The number of halogens is 1. The van der Waals surface area contributed by atoms with E-state index < -0.39 is 0 Å². The van der Waals surface area contributed by atoms with Gasteiger partial charge in [0.05, 0.1) is 0 Å². The molecule has 104 valence electrons. The zero-order valence-corrected chi connectivity index (χ0v) is 12.6. The lowest BCUT2D eigenvalue weighted by atomic mass is 9.93. The summed E-state index contributed by atoms with van der Waals surface area (Å²) >= 11 is 6.42. The molecule has 0 spiro atoms. The predicted octanol–water partition coefficient (Wildman–Crippen LogP) is 3.83. The molecular weight excluding hydrogens is 256 g/mol. The lowest BCUT2D eigenvalue weighted by Crippen LogP contribution is -2.25. The van der Waals surface area contributed by atoms with E-state index in [0.717, 1.165) is 30.7 Å². The van der Waals surface area contributed by atoms with E-state index in [1.807, 2.05) is 6.07 Å². The Bertz CT molecular complexity index is 466. The van der Waals surface area contributed by atoms with E-state index in [9.17, 15) is 0 Å². The molecule has 3 rings (SSSR count). The third kappa shape index (κ3) is 3.06. The molecular formula is C16H23ClN2. The van der Waals surface area contributed by atoms with Crippen molar-refractivity contribution in [3.63, 3.8) is 0 Å². The molecule has 2 aliphatic rings. The van der Waals surface area contributed by atoms with Crippen LogP contribution in [0.15, 0.2) is 18.2 Å². The Hall–Kier alpha value is -0.730. The first-order chi connectivity index (χ1) is 9.05. The molecule has 1 N–H and O–H groups in total. The lowest BCUT2D eigenvalue weighted by Gasteiger charge is -2.25. The largest absolute Gasteiger partial charge is 0.371 e. The van der Waals surface area contributed by atoms with E-state index in [2.05, 4.69) is 36.2 Å². The van der Waals surface area contributed by atoms with Crippen LogP contribution in [0.2, 0.25) is 5.02 Å². The minimum atomic E-state index is 0.420. The highest BCUT2D eigenvalue weighted by molar-refractivity contribution is 6.31. The van der Waals surface area contributed by atoms with Crippen LogP contribution in [-0.2, 0) is 6.54 Å². The smallest absolute Gasteiger partial charge is 0.0471 e. The molecule has 0 unspecified atom stereocenters. The molecule has 2 nitrogen and oxygen atoms in total. The van der Waals surface area contributed by atoms with E-state index in [1.54, 1.807) is 0 Å². The highest BCUT2D eigenvalue weighted by Crippen LogP contribution is 2.36. The van der Waals surface area contributed by atoms with Gasteiger partial charge in [-0.1, -0.05) is 31.5 Å². The number of anilines is 1. The molecule has 0 radical (unpaired) electrons. The van der Waals surface area contributed by atoms with Crippen molar-refractivity contribution in [3.05, 3.63) is 28.8 Å². The molecule has 1 saturated heterocycles. The van der Waals surface area contributed by atoms with Crippen molar-refractivity contribution in [3.8, 4) is 0 Å². The molecule has 1 aliphatic heterocycles. The average molecular weight is 279 g/mol. The minimum absolute atomic E-state index is 0.420. The molecule has 19 heavy (non-hydrogen) atoms. The molecule has 1 heterocycles.